The van der Waals surface area contributed by atoms with E-state index in [1.165, 1.54) is 4.90 Å². The van der Waals surface area contributed by atoms with Crippen LogP contribution in [-0.4, -0.2) is 45.5 Å². The maximum Gasteiger partial charge on any atom is 0.270 e. The summed E-state index contributed by atoms with van der Waals surface area (Å²) in [5.74, 6) is -1.53. The van der Waals surface area contributed by atoms with Crippen molar-refractivity contribution in [3.63, 3.8) is 0 Å². The predicted octanol–water partition coefficient (Wildman–Crippen LogP) is -0.00370. The van der Waals surface area contributed by atoms with Gasteiger partial charge in [0.1, 0.15) is 11.5 Å². The van der Waals surface area contributed by atoms with Crippen LogP contribution >= 0.6 is 0 Å². The highest BCUT2D eigenvalue weighted by Gasteiger charge is 2.37. The normalized spacial score (nSPS) is 23.4. The average molecular weight is 269 g/mol. The van der Waals surface area contributed by atoms with Crippen molar-refractivity contribution in [3.05, 3.63) is 23.8 Å². The average Bonchev–Trinajstić information content (AvgIpc) is 2.73. The number of hydrogen-bond donors (Lipinski definition) is 3. The molecule has 6 nitrogen and oxygen atoms in total. The molecule has 7 heteroatoms. The number of rotatable bonds is 3. The van der Waals surface area contributed by atoms with Gasteiger partial charge in [0, 0.05) is 18.8 Å². The van der Waals surface area contributed by atoms with E-state index in [1.807, 2.05) is 0 Å². The van der Waals surface area contributed by atoms with Crippen molar-refractivity contribution in [3.8, 4) is 0 Å². The van der Waals surface area contributed by atoms with E-state index in [4.69, 9.17) is 5.73 Å². The number of aliphatic hydroxyl groups is 1. The van der Waals surface area contributed by atoms with Crippen molar-refractivity contribution >= 4 is 11.8 Å². The third-order valence-electron chi connectivity index (χ3n) is 3.22. The summed E-state index contributed by atoms with van der Waals surface area (Å²) in [7, 11) is 0. The lowest BCUT2D eigenvalue weighted by Crippen LogP contribution is -2.51. The van der Waals surface area contributed by atoms with Gasteiger partial charge in [-0.1, -0.05) is 0 Å². The van der Waals surface area contributed by atoms with Crippen LogP contribution < -0.4 is 5.73 Å². The van der Waals surface area contributed by atoms with Gasteiger partial charge >= 0.3 is 0 Å². The van der Waals surface area contributed by atoms with Gasteiger partial charge < -0.3 is 20.7 Å². The maximum absolute atomic E-state index is 12.9. The summed E-state index contributed by atoms with van der Waals surface area (Å²) >= 11 is 0. The second-order valence-electron chi connectivity index (χ2n) is 4.93. The van der Waals surface area contributed by atoms with Crippen LogP contribution in [0.15, 0.2) is 12.3 Å². The quantitative estimate of drug-likeness (QED) is 0.720. The molecule has 0 aromatic carbocycles. The number of nitrogens with two attached hydrogens (primary N) is 1. The number of halogens is 1. The number of likely N-dealkylation sites (tertiary alicyclic amines) is 1. The summed E-state index contributed by atoms with van der Waals surface area (Å²) in [5.41, 5.74) is 3.93. The van der Waals surface area contributed by atoms with Crippen LogP contribution in [0.25, 0.3) is 0 Å². The zero-order chi connectivity index (χ0) is 14.0. The minimum absolute atomic E-state index is 0.0232. The molecule has 1 aliphatic heterocycles. The molecule has 1 aliphatic rings. The summed E-state index contributed by atoms with van der Waals surface area (Å²) in [6, 6.07) is 1.10. The van der Waals surface area contributed by atoms with Gasteiger partial charge in [-0.05, 0) is 12.8 Å². The van der Waals surface area contributed by atoms with Gasteiger partial charge in [0.2, 0.25) is 5.91 Å². The largest absolute Gasteiger partial charge is 0.388 e. The second-order valence-corrected chi connectivity index (χ2v) is 4.93. The van der Waals surface area contributed by atoms with Crippen molar-refractivity contribution in [2.45, 2.75) is 24.9 Å². The molecule has 1 aromatic heterocycles. The Bertz CT molecular complexity index is 502. The van der Waals surface area contributed by atoms with Crippen LogP contribution in [0, 0.1) is 5.82 Å². The number of aromatic nitrogens is 1. The Balaban J connectivity index is 2.09. The first-order valence-electron chi connectivity index (χ1n) is 6.03. The van der Waals surface area contributed by atoms with Crippen molar-refractivity contribution in [2.75, 3.05) is 13.1 Å². The predicted molar refractivity (Wildman–Crippen MR) is 64.6 cm³/mol. The summed E-state index contributed by atoms with van der Waals surface area (Å²) in [4.78, 5) is 26.9. The van der Waals surface area contributed by atoms with E-state index in [2.05, 4.69) is 4.98 Å². The monoisotopic (exact) mass is 269 g/mol. The Hall–Kier alpha value is -1.89. The molecule has 0 saturated carbocycles. The van der Waals surface area contributed by atoms with E-state index in [-0.39, 0.29) is 18.7 Å². The lowest BCUT2D eigenvalue weighted by molar-refractivity contribution is -0.125. The van der Waals surface area contributed by atoms with Crippen LogP contribution in [0.4, 0.5) is 4.39 Å². The number of carbonyl (C=O) groups excluding carboxylic acids is 2. The first-order chi connectivity index (χ1) is 8.89. The van der Waals surface area contributed by atoms with E-state index in [0.29, 0.717) is 19.4 Å². The molecule has 1 fully saturated rings. The fourth-order valence-corrected chi connectivity index (χ4v) is 2.42. The van der Waals surface area contributed by atoms with Crippen molar-refractivity contribution in [2.24, 2.45) is 5.73 Å². The van der Waals surface area contributed by atoms with Gasteiger partial charge in [-0.25, -0.2) is 4.39 Å². The highest BCUT2D eigenvalue weighted by Crippen LogP contribution is 2.25. The van der Waals surface area contributed by atoms with Gasteiger partial charge in [0.15, 0.2) is 0 Å². The van der Waals surface area contributed by atoms with E-state index < -0.39 is 23.2 Å². The number of amides is 2. The van der Waals surface area contributed by atoms with E-state index in [0.717, 1.165) is 12.3 Å². The smallest absolute Gasteiger partial charge is 0.270 e. The molecule has 0 aliphatic carbocycles. The van der Waals surface area contributed by atoms with Crippen molar-refractivity contribution in [1.82, 2.24) is 9.88 Å². The van der Waals surface area contributed by atoms with Gasteiger partial charge in [-0.2, -0.15) is 0 Å². The van der Waals surface area contributed by atoms with Gasteiger partial charge in [-0.3, -0.25) is 9.59 Å². The third-order valence-corrected chi connectivity index (χ3v) is 3.22. The van der Waals surface area contributed by atoms with Crippen LogP contribution in [0.2, 0.25) is 0 Å². The standard InChI is InChI=1S/C12H16FN3O3/c13-8-4-9(15-6-8)11(18)16-3-1-2-12(19,7-16)5-10(14)17/h4,6,15,19H,1-3,5,7H2,(H2,14,17). The minimum atomic E-state index is -1.29. The highest BCUT2D eigenvalue weighted by molar-refractivity contribution is 5.92. The number of piperidine rings is 1. The zero-order valence-electron chi connectivity index (χ0n) is 10.4. The number of carbonyl (C=O) groups is 2. The number of H-pyrrole nitrogens is 1. The fraction of sp³-hybridized carbons (Fsp3) is 0.500. The fourth-order valence-electron chi connectivity index (χ4n) is 2.42. The summed E-state index contributed by atoms with van der Waals surface area (Å²) < 4.78 is 12.9. The molecular weight excluding hydrogens is 253 g/mol. The minimum Gasteiger partial charge on any atom is -0.388 e. The molecule has 1 aromatic rings. The molecule has 1 atom stereocenters. The molecule has 19 heavy (non-hydrogen) atoms. The number of nitrogens with zero attached hydrogens (tertiary/aromatic N) is 1. The molecule has 1 unspecified atom stereocenters. The van der Waals surface area contributed by atoms with Crippen LogP contribution in [0.3, 0.4) is 0 Å². The van der Waals surface area contributed by atoms with Crippen molar-refractivity contribution < 1.29 is 19.1 Å². The Morgan fingerprint density at radius 1 is 1.58 bits per heavy atom. The summed E-state index contributed by atoms with van der Waals surface area (Å²) in [6.07, 6.45) is 1.89. The second kappa shape index (κ2) is 5.00. The molecule has 0 spiro atoms. The maximum atomic E-state index is 12.9. The Labute approximate surface area is 109 Å². The molecule has 1 saturated heterocycles. The van der Waals surface area contributed by atoms with Gasteiger partial charge in [0.25, 0.3) is 5.91 Å². The number of aromatic amines is 1. The molecule has 0 radical (unpaired) electrons. The van der Waals surface area contributed by atoms with E-state index >= 15 is 0 Å². The van der Waals surface area contributed by atoms with Crippen LogP contribution in [0.1, 0.15) is 29.8 Å². The van der Waals surface area contributed by atoms with E-state index in [1.54, 1.807) is 0 Å². The Kier molecular flexibility index (Phi) is 3.57. The number of primary amides is 1. The SMILES string of the molecule is NC(=O)CC1(O)CCCN(C(=O)c2cc(F)c[nH]2)C1. The van der Waals surface area contributed by atoms with Crippen LogP contribution in [0.5, 0.6) is 0 Å². The number of β-amino-alcohol motifs (C(OH)–C–C–N with tert-alkyl or cyclic N) is 1. The highest BCUT2D eigenvalue weighted by atomic mass is 19.1. The van der Waals surface area contributed by atoms with Crippen LogP contribution in [-0.2, 0) is 4.79 Å². The first kappa shape index (κ1) is 13.5. The lowest BCUT2D eigenvalue weighted by Gasteiger charge is -2.38. The van der Waals surface area contributed by atoms with Crippen molar-refractivity contribution in [1.29, 1.82) is 0 Å². The zero-order valence-corrected chi connectivity index (χ0v) is 10.4. The molecule has 2 rings (SSSR count). The molecule has 2 amide bonds. The molecule has 0 bridgehead atoms. The summed E-state index contributed by atoms with van der Waals surface area (Å²) in [5, 5.41) is 10.2. The topological polar surface area (TPSA) is 99.4 Å². The van der Waals surface area contributed by atoms with Gasteiger partial charge in [-0.15, -0.1) is 0 Å². The summed E-state index contributed by atoms with van der Waals surface area (Å²) in [6.45, 7) is 0.482. The number of nitrogens with one attached hydrogen (secondary N) is 1. The van der Waals surface area contributed by atoms with Gasteiger partial charge in [0.05, 0.1) is 18.6 Å². The molecule has 4 N–H and O–H groups in total. The number of hydrogen-bond acceptors (Lipinski definition) is 3. The van der Waals surface area contributed by atoms with E-state index in [9.17, 15) is 19.1 Å². The Morgan fingerprint density at radius 2 is 2.32 bits per heavy atom. The molecular formula is C12H16FN3O3. The lowest BCUT2D eigenvalue weighted by atomic mass is 9.89. The Morgan fingerprint density at radius 3 is 2.89 bits per heavy atom. The first-order valence-corrected chi connectivity index (χ1v) is 6.03. The molecule has 104 valence electrons. The molecule has 2 heterocycles. The third kappa shape index (κ3) is 3.11.